The highest BCUT2D eigenvalue weighted by molar-refractivity contribution is 7.21. The SMILES string of the molecule is O=C(O)C1CCCCN1C(=O)c1ccc(-c2nc3ccccc3s2)o1. The van der Waals surface area contributed by atoms with Gasteiger partial charge in [0, 0.05) is 6.54 Å². The van der Waals surface area contributed by atoms with Crippen molar-refractivity contribution in [3.63, 3.8) is 0 Å². The quantitative estimate of drug-likeness (QED) is 0.775. The van der Waals surface area contributed by atoms with Gasteiger partial charge in [-0.05, 0) is 43.5 Å². The molecule has 3 aromatic rings. The number of amides is 1. The van der Waals surface area contributed by atoms with Crippen LogP contribution in [0.15, 0.2) is 40.8 Å². The second-order valence-corrected chi connectivity index (χ2v) is 7.03. The summed E-state index contributed by atoms with van der Waals surface area (Å²) in [5, 5.41) is 10.0. The van der Waals surface area contributed by atoms with E-state index in [1.807, 2.05) is 24.3 Å². The van der Waals surface area contributed by atoms with Crippen molar-refractivity contribution in [3.05, 3.63) is 42.2 Å². The van der Waals surface area contributed by atoms with E-state index in [1.165, 1.54) is 16.2 Å². The Morgan fingerprint density at radius 1 is 1.20 bits per heavy atom. The number of carboxylic acid groups (broad SMARTS) is 1. The molecule has 25 heavy (non-hydrogen) atoms. The Kier molecular flexibility index (Phi) is 4.01. The molecule has 2 aromatic heterocycles. The van der Waals surface area contributed by atoms with E-state index in [9.17, 15) is 14.7 Å². The van der Waals surface area contributed by atoms with E-state index in [2.05, 4.69) is 4.98 Å². The van der Waals surface area contributed by atoms with Crippen LogP contribution in [-0.2, 0) is 4.79 Å². The Bertz CT molecular complexity index is 912. The summed E-state index contributed by atoms with van der Waals surface area (Å²) >= 11 is 1.49. The van der Waals surface area contributed by atoms with E-state index >= 15 is 0 Å². The monoisotopic (exact) mass is 356 g/mol. The molecule has 1 fully saturated rings. The van der Waals surface area contributed by atoms with Gasteiger partial charge in [-0.1, -0.05) is 12.1 Å². The number of likely N-dealkylation sites (tertiary alicyclic amines) is 1. The third kappa shape index (κ3) is 2.91. The van der Waals surface area contributed by atoms with Gasteiger partial charge in [0.1, 0.15) is 6.04 Å². The Morgan fingerprint density at radius 3 is 2.84 bits per heavy atom. The largest absolute Gasteiger partial charge is 0.480 e. The van der Waals surface area contributed by atoms with Crippen molar-refractivity contribution >= 4 is 33.4 Å². The van der Waals surface area contributed by atoms with E-state index in [0.717, 1.165) is 23.1 Å². The van der Waals surface area contributed by atoms with Crippen LogP contribution in [0.1, 0.15) is 29.8 Å². The smallest absolute Gasteiger partial charge is 0.326 e. The lowest BCUT2D eigenvalue weighted by Gasteiger charge is -2.32. The summed E-state index contributed by atoms with van der Waals surface area (Å²) < 4.78 is 6.75. The second-order valence-electron chi connectivity index (χ2n) is 6.00. The average molecular weight is 356 g/mol. The summed E-state index contributed by atoms with van der Waals surface area (Å²) in [5.74, 6) is -0.665. The van der Waals surface area contributed by atoms with Crippen molar-refractivity contribution in [2.75, 3.05) is 6.54 Å². The molecule has 1 atom stereocenters. The molecule has 1 N–H and O–H groups in total. The molecule has 0 aliphatic carbocycles. The molecule has 128 valence electrons. The van der Waals surface area contributed by atoms with E-state index in [0.29, 0.717) is 23.7 Å². The highest BCUT2D eigenvalue weighted by atomic mass is 32.1. The Balaban J connectivity index is 1.61. The summed E-state index contributed by atoms with van der Waals surface area (Å²) in [6, 6.07) is 10.3. The molecule has 1 unspecified atom stereocenters. The minimum atomic E-state index is -0.967. The lowest BCUT2D eigenvalue weighted by Crippen LogP contribution is -2.47. The van der Waals surface area contributed by atoms with Crippen LogP contribution in [0.3, 0.4) is 0 Å². The fraction of sp³-hybridized carbons (Fsp3) is 0.278. The minimum absolute atomic E-state index is 0.155. The predicted octanol–water partition coefficient (Wildman–Crippen LogP) is 3.64. The van der Waals surface area contributed by atoms with E-state index in [4.69, 9.17) is 4.42 Å². The number of thiazole rings is 1. The van der Waals surface area contributed by atoms with Crippen molar-refractivity contribution in [1.29, 1.82) is 0 Å². The fourth-order valence-electron chi connectivity index (χ4n) is 3.12. The van der Waals surface area contributed by atoms with E-state index < -0.39 is 12.0 Å². The molecule has 0 bridgehead atoms. The standard InChI is InChI=1S/C18H16N2O4S/c21-17(20-10-4-3-6-12(20)18(22)23)14-9-8-13(24-14)16-19-11-5-1-2-7-15(11)25-16/h1-2,5,7-9,12H,3-4,6,10H2,(H,22,23). The molecule has 1 saturated heterocycles. The highest BCUT2D eigenvalue weighted by Crippen LogP contribution is 2.31. The third-order valence-electron chi connectivity index (χ3n) is 4.37. The number of piperidine rings is 1. The molecule has 1 aliphatic heterocycles. The zero-order valence-corrected chi connectivity index (χ0v) is 14.2. The molecule has 0 radical (unpaired) electrons. The Morgan fingerprint density at radius 2 is 2.04 bits per heavy atom. The molecule has 0 saturated carbocycles. The van der Waals surface area contributed by atoms with Gasteiger partial charge in [-0.25, -0.2) is 9.78 Å². The molecule has 3 heterocycles. The first-order chi connectivity index (χ1) is 12.1. The molecule has 1 aromatic carbocycles. The number of carbonyl (C=O) groups is 2. The maximum Gasteiger partial charge on any atom is 0.326 e. The number of carboxylic acids is 1. The normalized spacial score (nSPS) is 17.8. The van der Waals surface area contributed by atoms with E-state index in [1.54, 1.807) is 12.1 Å². The van der Waals surface area contributed by atoms with Crippen molar-refractivity contribution in [2.45, 2.75) is 25.3 Å². The van der Waals surface area contributed by atoms with Gasteiger partial charge in [-0.2, -0.15) is 0 Å². The maximum atomic E-state index is 12.7. The first-order valence-corrected chi connectivity index (χ1v) is 8.95. The van der Waals surface area contributed by atoms with Gasteiger partial charge in [-0.15, -0.1) is 11.3 Å². The molecule has 1 aliphatic rings. The van der Waals surface area contributed by atoms with Crippen LogP contribution in [0, 0.1) is 0 Å². The van der Waals surface area contributed by atoms with Gasteiger partial charge in [0.2, 0.25) is 0 Å². The van der Waals surface area contributed by atoms with Crippen molar-refractivity contribution < 1.29 is 19.1 Å². The van der Waals surface area contributed by atoms with E-state index in [-0.39, 0.29) is 11.7 Å². The van der Waals surface area contributed by atoms with Gasteiger partial charge in [0.25, 0.3) is 5.91 Å². The summed E-state index contributed by atoms with van der Waals surface area (Å²) in [6.45, 7) is 0.437. The maximum absolute atomic E-state index is 12.7. The van der Waals surface area contributed by atoms with Gasteiger partial charge in [0.05, 0.1) is 10.2 Å². The molecule has 7 heteroatoms. The highest BCUT2D eigenvalue weighted by Gasteiger charge is 2.33. The van der Waals surface area contributed by atoms with Crippen LogP contribution in [0.2, 0.25) is 0 Å². The Labute approximate surface area is 147 Å². The van der Waals surface area contributed by atoms with Crippen LogP contribution in [0.25, 0.3) is 21.0 Å². The second kappa shape index (κ2) is 6.33. The van der Waals surface area contributed by atoms with Gasteiger partial charge < -0.3 is 14.4 Å². The number of hydrogen-bond donors (Lipinski definition) is 1. The fourth-order valence-corrected chi connectivity index (χ4v) is 4.05. The predicted molar refractivity (Wildman–Crippen MR) is 93.6 cm³/mol. The lowest BCUT2D eigenvalue weighted by molar-refractivity contribution is -0.143. The van der Waals surface area contributed by atoms with Crippen LogP contribution < -0.4 is 0 Å². The molecule has 6 nitrogen and oxygen atoms in total. The summed E-state index contributed by atoms with van der Waals surface area (Å²) in [5.41, 5.74) is 0.883. The summed E-state index contributed by atoms with van der Waals surface area (Å²) in [7, 11) is 0. The van der Waals surface area contributed by atoms with Crippen molar-refractivity contribution in [2.24, 2.45) is 0 Å². The Hall–Kier alpha value is -2.67. The van der Waals surface area contributed by atoms with Crippen molar-refractivity contribution in [3.8, 4) is 10.8 Å². The zero-order chi connectivity index (χ0) is 17.4. The zero-order valence-electron chi connectivity index (χ0n) is 13.3. The molecule has 0 spiro atoms. The number of hydrogen-bond acceptors (Lipinski definition) is 5. The number of para-hydroxylation sites is 1. The molecule has 1 amide bonds. The first kappa shape index (κ1) is 15.8. The average Bonchev–Trinajstić information content (AvgIpc) is 3.27. The number of nitrogens with zero attached hydrogens (tertiary/aromatic N) is 2. The minimum Gasteiger partial charge on any atom is -0.480 e. The van der Waals surface area contributed by atoms with Gasteiger partial charge >= 0.3 is 5.97 Å². The third-order valence-corrected chi connectivity index (χ3v) is 5.42. The number of benzene rings is 1. The number of aliphatic carboxylic acids is 1. The molecular weight excluding hydrogens is 340 g/mol. The van der Waals surface area contributed by atoms with Crippen LogP contribution >= 0.6 is 11.3 Å². The van der Waals surface area contributed by atoms with Crippen LogP contribution in [0.5, 0.6) is 0 Å². The number of aromatic nitrogens is 1. The number of furan rings is 1. The summed E-state index contributed by atoms with van der Waals surface area (Å²) in [4.78, 5) is 30.0. The lowest BCUT2D eigenvalue weighted by atomic mass is 10.0. The topological polar surface area (TPSA) is 83.6 Å². The molecular formula is C18H16N2O4S. The first-order valence-electron chi connectivity index (χ1n) is 8.13. The van der Waals surface area contributed by atoms with Gasteiger partial charge in [-0.3, -0.25) is 4.79 Å². The van der Waals surface area contributed by atoms with Crippen LogP contribution in [0.4, 0.5) is 0 Å². The number of rotatable bonds is 3. The van der Waals surface area contributed by atoms with Gasteiger partial charge in [0.15, 0.2) is 16.5 Å². The molecule has 4 rings (SSSR count). The number of carbonyl (C=O) groups excluding carboxylic acids is 1. The summed E-state index contributed by atoms with van der Waals surface area (Å²) in [6.07, 6.45) is 2.10. The van der Waals surface area contributed by atoms with Crippen LogP contribution in [-0.4, -0.2) is 39.5 Å². The van der Waals surface area contributed by atoms with Crippen molar-refractivity contribution in [1.82, 2.24) is 9.88 Å². The number of fused-ring (bicyclic) bond motifs is 1.